The van der Waals surface area contributed by atoms with Crippen LogP contribution in [-0.2, 0) is 32.6 Å². The molecule has 0 aliphatic rings. The lowest BCUT2D eigenvalue weighted by molar-refractivity contribution is -0.141. The van der Waals surface area contributed by atoms with Crippen molar-refractivity contribution in [3.8, 4) is 5.75 Å². The SMILES string of the molecule is CCCNC(=O)[C@H](Cc1ccccc1)N(Cc1ccccc1F)C(=O)CCCN(c1ccc(OC)c(Cl)c1)S(C)(=O)=O. The van der Waals surface area contributed by atoms with Crippen LogP contribution in [-0.4, -0.2) is 57.6 Å². The minimum absolute atomic E-state index is 0.00779. The monoisotopic (exact) mass is 617 g/mol. The second-order valence-corrected chi connectivity index (χ2v) is 12.2. The predicted octanol–water partition coefficient (Wildman–Crippen LogP) is 5.20. The average molecular weight is 618 g/mol. The predicted molar refractivity (Wildman–Crippen MR) is 164 cm³/mol. The summed E-state index contributed by atoms with van der Waals surface area (Å²) in [5.74, 6) is -0.816. The van der Waals surface area contributed by atoms with Gasteiger partial charge >= 0.3 is 0 Å². The third-order valence-corrected chi connectivity index (χ3v) is 8.18. The Morgan fingerprint density at radius 3 is 2.36 bits per heavy atom. The van der Waals surface area contributed by atoms with E-state index in [1.54, 1.807) is 30.3 Å². The summed E-state index contributed by atoms with van der Waals surface area (Å²) in [4.78, 5) is 28.6. The van der Waals surface area contributed by atoms with Gasteiger partial charge in [-0.25, -0.2) is 12.8 Å². The molecule has 0 aliphatic heterocycles. The highest BCUT2D eigenvalue weighted by atomic mass is 35.5. The van der Waals surface area contributed by atoms with Gasteiger partial charge in [0.1, 0.15) is 17.6 Å². The zero-order valence-electron chi connectivity index (χ0n) is 24.1. The van der Waals surface area contributed by atoms with Gasteiger partial charge in [0.15, 0.2) is 0 Å². The number of nitrogens with zero attached hydrogens (tertiary/aromatic N) is 2. The lowest BCUT2D eigenvalue weighted by atomic mass is 10.0. The topological polar surface area (TPSA) is 96.0 Å². The van der Waals surface area contributed by atoms with Gasteiger partial charge in [0.2, 0.25) is 21.8 Å². The first-order chi connectivity index (χ1) is 20.0. The lowest BCUT2D eigenvalue weighted by Crippen LogP contribution is -2.50. The molecule has 3 aromatic rings. The van der Waals surface area contributed by atoms with E-state index in [0.717, 1.165) is 11.8 Å². The van der Waals surface area contributed by atoms with Crippen molar-refractivity contribution in [1.82, 2.24) is 10.2 Å². The van der Waals surface area contributed by atoms with E-state index in [1.807, 2.05) is 37.3 Å². The molecule has 1 N–H and O–H groups in total. The maximum absolute atomic E-state index is 14.7. The van der Waals surface area contributed by atoms with Gasteiger partial charge in [-0.15, -0.1) is 0 Å². The second kappa shape index (κ2) is 15.6. The number of halogens is 2. The quantitative estimate of drug-likeness (QED) is 0.253. The van der Waals surface area contributed by atoms with Crippen LogP contribution in [0.5, 0.6) is 5.75 Å². The first kappa shape index (κ1) is 32.9. The maximum Gasteiger partial charge on any atom is 0.243 e. The van der Waals surface area contributed by atoms with Crippen LogP contribution in [0.2, 0.25) is 5.02 Å². The third-order valence-electron chi connectivity index (χ3n) is 6.69. The fourth-order valence-corrected chi connectivity index (χ4v) is 5.75. The summed E-state index contributed by atoms with van der Waals surface area (Å²) in [5.41, 5.74) is 1.46. The van der Waals surface area contributed by atoms with Gasteiger partial charge in [0.05, 0.1) is 24.1 Å². The third kappa shape index (κ3) is 9.19. The van der Waals surface area contributed by atoms with Crippen molar-refractivity contribution >= 4 is 39.1 Å². The summed E-state index contributed by atoms with van der Waals surface area (Å²) in [7, 11) is -2.25. The summed E-state index contributed by atoms with van der Waals surface area (Å²) in [6.45, 7) is 2.23. The van der Waals surface area contributed by atoms with E-state index in [-0.39, 0.29) is 48.8 Å². The number of benzene rings is 3. The Balaban J connectivity index is 1.88. The Bertz CT molecular complexity index is 1460. The van der Waals surface area contributed by atoms with Crippen LogP contribution < -0.4 is 14.4 Å². The average Bonchev–Trinajstić information content (AvgIpc) is 2.96. The standard InChI is InChI=1S/C31H37ClFN3O5S/c1-4-18-34-31(38)28(20-23-11-6-5-7-12-23)35(22-24-13-8-9-14-27(24)33)30(37)15-10-19-36(42(3,39)40)25-16-17-29(41-2)26(32)21-25/h5-9,11-14,16-17,21,28H,4,10,15,18-20,22H2,1-3H3,(H,34,38)/t28-/m0/s1. The van der Waals surface area contributed by atoms with Crippen molar-refractivity contribution in [3.63, 3.8) is 0 Å². The number of amides is 2. The van der Waals surface area contributed by atoms with E-state index in [0.29, 0.717) is 24.4 Å². The molecule has 0 saturated heterocycles. The Hall–Kier alpha value is -3.63. The molecule has 226 valence electrons. The molecule has 0 saturated carbocycles. The van der Waals surface area contributed by atoms with E-state index < -0.39 is 27.8 Å². The van der Waals surface area contributed by atoms with Gasteiger partial charge in [-0.05, 0) is 42.7 Å². The van der Waals surface area contributed by atoms with Crippen LogP contribution in [0.1, 0.15) is 37.3 Å². The first-order valence-corrected chi connectivity index (χ1v) is 15.9. The highest BCUT2D eigenvalue weighted by Gasteiger charge is 2.31. The molecule has 0 radical (unpaired) electrons. The Morgan fingerprint density at radius 2 is 1.74 bits per heavy atom. The van der Waals surface area contributed by atoms with Crippen molar-refractivity contribution in [3.05, 3.63) is 94.8 Å². The summed E-state index contributed by atoms with van der Waals surface area (Å²) in [5, 5.41) is 3.13. The van der Waals surface area contributed by atoms with Gasteiger partial charge in [0, 0.05) is 38.0 Å². The molecule has 2 amide bonds. The van der Waals surface area contributed by atoms with E-state index >= 15 is 0 Å². The van der Waals surface area contributed by atoms with Crippen molar-refractivity contribution in [1.29, 1.82) is 0 Å². The molecule has 8 nitrogen and oxygen atoms in total. The Kier molecular flexibility index (Phi) is 12.2. The molecule has 0 unspecified atom stereocenters. The molecule has 0 bridgehead atoms. The molecule has 0 aromatic heterocycles. The van der Waals surface area contributed by atoms with Gasteiger partial charge in [-0.2, -0.15) is 0 Å². The smallest absolute Gasteiger partial charge is 0.243 e. The number of hydrogen-bond donors (Lipinski definition) is 1. The molecule has 3 rings (SSSR count). The van der Waals surface area contributed by atoms with Gasteiger partial charge in [-0.3, -0.25) is 13.9 Å². The number of sulfonamides is 1. The molecule has 42 heavy (non-hydrogen) atoms. The first-order valence-electron chi connectivity index (χ1n) is 13.7. The molecule has 11 heteroatoms. The summed E-state index contributed by atoms with van der Waals surface area (Å²) in [6.07, 6.45) is 2.10. The molecule has 0 heterocycles. The summed E-state index contributed by atoms with van der Waals surface area (Å²) in [6, 6.07) is 19.2. The normalized spacial score (nSPS) is 11.9. The van der Waals surface area contributed by atoms with Gasteiger partial charge in [-0.1, -0.05) is 67.1 Å². The molecule has 0 aliphatic carbocycles. The van der Waals surface area contributed by atoms with Crippen LogP contribution in [0, 0.1) is 5.82 Å². The minimum Gasteiger partial charge on any atom is -0.495 e. The van der Waals surface area contributed by atoms with E-state index in [2.05, 4.69) is 5.32 Å². The Labute approximate surface area is 252 Å². The molecule has 1 atom stereocenters. The largest absolute Gasteiger partial charge is 0.495 e. The second-order valence-electron chi connectivity index (χ2n) is 9.87. The number of carbonyl (C=O) groups excluding carboxylic acids is 2. The number of anilines is 1. The molecule has 0 fully saturated rings. The zero-order valence-corrected chi connectivity index (χ0v) is 25.6. The fraction of sp³-hybridized carbons (Fsp3) is 0.355. The maximum atomic E-state index is 14.7. The number of methoxy groups -OCH3 is 1. The van der Waals surface area contributed by atoms with Crippen LogP contribution in [0.25, 0.3) is 0 Å². The number of nitrogens with one attached hydrogen (secondary N) is 1. The summed E-state index contributed by atoms with van der Waals surface area (Å²) < 4.78 is 46.4. The van der Waals surface area contributed by atoms with Crippen molar-refractivity contribution < 1.29 is 27.1 Å². The molecule has 3 aromatic carbocycles. The molecular weight excluding hydrogens is 581 g/mol. The summed E-state index contributed by atoms with van der Waals surface area (Å²) >= 11 is 6.23. The Morgan fingerprint density at radius 1 is 1.05 bits per heavy atom. The molecular formula is C31H37ClFN3O5S. The van der Waals surface area contributed by atoms with Gasteiger partial charge in [0.25, 0.3) is 0 Å². The number of carbonyl (C=O) groups is 2. The highest BCUT2D eigenvalue weighted by Crippen LogP contribution is 2.30. The van der Waals surface area contributed by atoms with E-state index in [4.69, 9.17) is 16.3 Å². The number of hydrogen-bond acceptors (Lipinski definition) is 5. The number of rotatable bonds is 15. The molecule has 0 spiro atoms. The van der Waals surface area contributed by atoms with Crippen LogP contribution in [0.3, 0.4) is 0 Å². The van der Waals surface area contributed by atoms with Crippen molar-refractivity contribution in [2.45, 2.75) is 45.2 Å². The van der Waals surface area contributed by atoms with Crippen molar-refractivity contribution in [2.75, 3.05) is 30.8 Å². The lowest BCUT2D eigenvalue weighted by Gasteiger charge is -2.32. The van der Waals surface area contributed by atoms with Crippen LogP contribution in [0.4, 0.5) is 10.1 Å². The fourth-order valence-electron chi connectivity index (χ4n) is 4.54. The van der Waals surface area contributed by atoms with Crippen molar-refractivity contribution in [2.24, 2.45) is 0 Å². The van der Waals surface area contributed by atoms with E-state index in [9.17, 15) is 22.4 Å². The minimum atomic E-state index is -3.71. The number of ether oxygens (including phenoxy) is 1. The highest BCUT2D eigenvalue weighted by molar-refractivity contribution is 7.92. The van der Waals surface area contributed by atoms with Crippen LogP contribution >= 0.6 is 11.6 Å². The van der Waals surface area contributed by atoms with Gasteiger partial charge < -0.3 is 15.0 Å². The zero-order chi connectivity index (χ0) is 30.7. The van der Waals surface area contributed by atoms with Crippen LogP contribution in [0.15, 0.2) is 72.8 Å². The van der Waals surface area contributed by atoms with E-state index in [1.165, 1.54) is 28.4 Å².